The molecule has 1 aliphatic carbocycles. The number of anilines is 1. The summed E-state index contributed by atoms with van der Waals surface area (Å²) in [4.78, 5) is 38.2. The highest BCUT2D eigenvalue weighted by Crippen LogP contribution is 2.32. The Morgan fingerprint density at radius 1 is 1.35 bits per heavy atom. The minimum Gasteiger partial charge on any atom is -0.353 e. The summed E-state index contributed by atoms with van der Waals surface area (Å²) in [5.74, 6) is -0.575. The number of hydrogen-bond acceptors (Lipinski definition) is 3. The van der Waals surface area contributed by atoms with E-state index in [4.69, 9.17) is 11.6 Å². The van der Waals surface area contributed by atoms with Gasteiger partial charge in [-0.25, -0.2) is 0 Å². The minimum absolute atomic E-state index is 0.0135. The van der Waals surface area contributed by atoms with Crippen molar-refractivity contribution in [2.45, 2.75) is 25.3 Å². The molecule has 1 aromatic carbocycles. The molecule has 0 aromatic heterocycles. The Labute approximate surface area is 139 Å². The van der Waals surface area contributed by atoms with E-state index in [-0.39, 0.29) is 30.1 Å². The molecule has 3 rings (SSSR count). The van der Waals surface area contributed by atoms with Crippen LogP contribution in [-0.4, -0.2) is 41.8 Å². The second-order valence-electron chi connectivity index (χ2n) is 5.88. The molecule has 2 N–H and O–H groups in total. The van der Waals surface area contributed by atoms with Gasteiger partial charge in [-0.2, -0.15) is 0 Å². The monoisotopic (exact) mass is 335 g/mol. The molecule has 1 saturated carbocycles. The molecule has 6 nitrogen and oxygen atoms in total. The van der Waals surface area contributed by atoms with Gasteiger partial charge in [-0.1, -0.05) is 17.7 Å². The SMILES string of the molecule is O=C(C[C@@H]1C(=O)NCCN1C(=O)C1CC1)Nc1cccc(Cl)c1. The van der Waals surface area contributed by atoms with E-state index >= 15 is 0 Å². The van der Waals surface area contributed by atoms with Crippen molar-refractivity contribution in [3.63, 3.8) is 0 Å². The number of piperazine rings is 1. The predicted molar refractivity (Wildman–Crippen MR) is 85.9 cm³/mol. The van der Waals surface area contributed by atoms with Gasteiger partial charge in [-0.15, -0.1) is 0 Å². The smallest absolute Gasteiger partial charge is 0.243 e. The summed E-state index contributed by atoms with van der Waals surface area (Å²) < 4.78 is 0. The summed E-state index contributed by atoms with van der Waals surface area (Å²) in [6, 6.07) is 6.05. The fourth-order valence-corrected chi connectivity index (χ4v) is 2.89. The molecule has 0 bridgehead atoms. The first-order valence-electron chi connectivity index (χ1n) is 7.68. The van der Waals surface area contributed by atoms with Gasteiger partial charge in [0.25, 0.3) is 0 Å². The molecule has 2 fully saturated rings. The van der Waals surface area contributed by atoms with Crippen LogP contribution in [0.3, 0.4) is 0 Å². The van der Waals surface area contributed by atoms with Crippen LogP contribution in [0.1, 0.15) is 19.3 Å². The van der Waals surface area contributed by atoms with Gasteiger partial charge in [0.05, 0.1) is 6.42 Å². The lowest BCUT2D eigenvalue weighted by Gasteiger charge is -2.34. The van der Waals surface area contributed by atoms with E-state index < -0.39 is 6.04 Å². The van der Waals surface area contributed by atoms with E-state index in [1.165, 1.54) is 0 Å². The van der Waals surface area contributed by atoms with Gasteiger partial charge in [0.1, 0.15) is 6.04 Å². The standard InChI is InChI=1S/C16H18ClN3O3/c17-11-2-1-3-12(8-11)19-14(21)9-13-15(22)18-6-7-20(13)16(23)10-4-5-10/h1-3,8,10,13H,4-7,9H2,(H,18,22)(H,19,21)/t13-/m1/s1. The maximum atomic E-state index is 12.3. The third kappa shape index (κ3) is 3.82. The number of carbonyl (C=O) groups is 3. The zero-order chi connectivity index (χ0) is 16.4. The van der Waals surface area contributed by atoms with Crippen molar-refractivity contribution in [2.75, 3.05) is 18.4 Å². The zero-order valence-corrected chi connectivity index (χ0v) is 13.3. The normalized spacial score (nSPS) is 20.8. The molecule has 0 radical (unpaired) electrons. The Hall–Kier alpha value is -2.08. The minimum atomic E-state index is -0.740. The quantitative estimate of drug-likeness (QED) is 0.873. The van der Waals surface area contributed by atoms with Gasteiger partial charge in [0, 0.05) is 29.7 Å². The van der Waals surface area contributed by atoms with Crippen molar-refractivity contribution in [3.05, 3.63) is 29.3 Å². The number of amides is 3. The number of hydrogen-bond donors (Lipinski definition) is 2. The van der Waals surface area contributed by atoms with Crippen LogP contribution in [0, 0.1) is 5.92 Å². The Morgan fingerprint density at radius 2 is 2.13 bits per heavy atom. The van der Waals surface area contributed by atoms with Gasteiger partial charge in [-0.05, 0) is 31.0 Å². The van der Waals surface area contributed by atoms with E-state index in [1.807, 2.05) is 0 Å². The van der Waals surface area contributed by atoms with E-state index in [2.05, 4.69) is 10.6 Å². The Bertz CT molecular complexity index is 645. The lowest BCUT2D eigenvalue weighted by Crippen LogP contribution is -2.58. The second-order valence-corrected chi connectivity index (χ2v) is 6.31. The van der Waals surface area contributed by atoms with Gasteiger partial charge < -0.3 is 15.5 Å². The largest absolute Gasteiger partial charge is 0.353 e. The van der Waals surface area contributed by atoms with Crippen molar-refractivity contribution < 1.29 is 14.4 Å². The van der Waals surface area contributed by atoms with Crippen LogP contribution >= 0.6 is 11.6 Å². The van der Waals surface area contributed by atoms with Gasteiger partial charge in [0.15, 0.2) is 0 Å². The number of benzene rings is 1. The Kier molecular flexibility index (Phi) is 4.52. The maximum absolute atomic E-state index is 12.3. The molecule has 3 amide bonds. The van der Waals surface area contributed by atoms with Crippen molar-refractivity contribution in [3.8, 4) is 0 Å². The molecule has 2 aliphatic rings. The zero-order valence-electron chi connectivity index (χ0n) is 12.5. The summed E-state index contributed by atoms with van der Waals surface area (Å²) in [6.45, 7) is 0.889. The maximum Gasteiger partial charge on any atom is 0.243 e. The number of halogens is 1. The Morgan fingerprint density at radius 3 is 2.83 bits per heavy atom. The summed E-state index contributed by atoms with van der Waals surface area (Å²) >= 11 is 5.88. The fraction of sp³-hybridized carbons (Fsp3) is 0.438. The molecular formula is C16H18ClN3O3. The van der Waals surface area contributed by atoms with Gasteiger partial charge >= 0.3 is 0 Å². The van der Waals surface area contributed by atoms with E-state index in [1.54, 1.807) is 29.2 Å². The number of nitrogens with one attached hydrogen (secondary N) is 2. The first-order valence-corrected chi connectivity index (χ1v) is 8.06. The molecule has 23 heavy (non-hydrogen) atoms. The van der Waals surface area contributed by atoms with Crippen LogP contribution < -0.4 is 10.6 Å². The summed E-state index contributed by atoms with van der Waals surface area (Å²) in [6.07, 6.45) is 1.69. The molecule has 1 atom stereocenters. The van der Waals surface area contributed by atoms with Crippen molar-refractivity contribution >= 4 is 35.0 Å². The molecule has 7 heteroatoms. The molecule has 1 aliphatic heterocycles. The van der Waals surface area contributed by atoms with Crippen molar-refractivity contribution in [2.24, 2.45) is 5.92 Å². The second kappa shape index (κ2) is 6.58. The lowest BCUT2D eigenvalue weighted by atomic mass is 10.1. The molecule has 0 unspecified atom stereocenters. The average Bonchev–Trinajstić information content (AvgIpc) is 3.33. The predicted octanol–water partition coefficient (Wildman–Crippen LogP) is 1.41. The molecular weight excluding hydrogens is 318 g/mol. The highest BCUT2D eigenvalue weighted by molar-refractivity contribution is 6.30. The number of carbonyl (C=O) groups excluding carboxylic acids is 3. The Balaban J connectivity index is 1.66. The van der Waals surface area contributed by atoms with Crippen LogP contribution in [0.2, 0.25) is 5.02 Å². The van der Waals surface area contributed by atoms with Crippen molar-refractivity contribution in [1.29, 1.82) is 0 Å². The van der Waals surface area contributed by atoms with Crippen LogP contribution in [0.4, 0.5) is 5.69 Å². The highest BCUT2D eigenvalue weighted by atomic mass is 35.5. The van der Waals surface area contributed by atoms with Gasteiger partial charge in [-0.3, -0.25) is 14.4 Å². The molecule has 0 spiro atoms. The average molecular weight is 336 g/mol. The van der Waals surface area contributed by atoms with E-state index in [0.29, 0.717) is 23.8 Å². The first kappa shape index (κ1) is 15.8. The molecule has 1 aromatic rings. The number of nitrogens with zero attached hydrogens (tertiary/aromatic N) is 1. The first-order chi connectivity index (χ1) is 11.0. The fourth-order valence-electron chi connectivity index (χ4n) is 2.70. The van der Waals surface area contributed by atoms with Crippen LogP contribution in [0.15, 0.2) is 24.3 Å². The van der Waals surface area contributed by atoms with Crippen LogP contribution in [0.5, 0.6) is 0 Å². The number of rotatable bonds is 4. The molecule has 122 valence electrons. The van der Waals surface area contributed by atoms with Gasteiger partial charge in [0.2, 0.25) is 17.7 Å². The summed E-state index contributed by atoms with van der Waals surface area (Å²) in [5.41, 5.74) is 0.568. The van der Waals surface area contributed by atoms with E-state index in [0.717, 1.165) is 12.8 Å². The third-order valence-electron chi connectivity index (χ3n) is 4.03. The molecule has 1 saturated heterocycles. The molecule has 1 heterocycles. The van der Waals surface area contributed by atoms with Crippen LogP contribution in [-0.2, 0) is 14.4 Å². The topological polar surface area (TPSA) is 78.5 Å². The summed E-state index contributed by atoms with van der Waals surface area (Å²) in [7, 11) is 0. The lowest BCUT2D eigenvalue weighted by molar-refractivity contribution is -0.145. The third-order valence-corrected chi connectivity index (χ3v) is 4.26. The van der Waals surface area contributed by atoms with E-state index in [9.17, 15) is 14.4 Å². The highest BCUT2D eigenvalue weighted by Gasteiger charge is 2.40. The van der Waals surface area contributed by atoms with Crippen LogP contribution in [0.25, 0.3) is 0 Å². The van der Waals surface area contributed by atoms with Crippen molar-refractivity contribution in [1.82, 2.24) is 10.2 Å². The summed E-state index contributed by atoms with van der Waals surface area (Å²) in [5, 5.41) is 5.95.